The minimum atomic E-state index is -0.231. The predicted octanol–water partition coefficient (Wildman–Crippen LogP) is 2.38. The van der Waals surface area contributed by atoms with Crippen LogP contribution in [0.15, 0.2) is 30.3 Å². The minimum Gasteiger partial charge on any atom is -0.445 e. The molecule has 1 aliphatic heterocycles. The Morgan fingerprint density at radius 2 is 2.00 bits per heavy atom. The van der Waals surface area contributed by atoms with Gasteiger partial charge in [0.05, 0.1) is 0 Å². The Morgan fingerprint density at radius 1 is 1.32 bits per heavy atom. The van der Waals surface area contributed by atoms with E-state index in [1.807, 2.05) is 30.3 Å². The van der Waals surface area contributed by atoms with Gasteiger partial charge in [0.1, 0.15) is 6.61 Å². The third-order valence-corrected chi connectivity index (χ3v) is 3.78. The van der Waals surface area contributed by atoms with Crippen LogP contribution in [0.1, 0.15) is 25.3 Å². The van der Waals surface area contributed by atoms with E-state index in [0.29, 0.717) is 19.1 Å². The summed E-state index contributed by atoms with van der Waals surface area (Å²) in [5.74, 6) is 0.465. The molecule has 1 aliphatic rings. The fourth-order valence-corrected chi connectivity index (χ4v) is 2.27. The second-order valence-corrected chi connectivity index (χ2v) is 5.25. The lowest BCUT2D eigenvalue weighted by Crippen LogP contribution is -2.33. The van der Waals surface area contributed by atoms with E-state index >= 15 is 0 Å². The highest BCUT2D eigenvalue weighted by Gasteiger charge is 2.23. The highest BCUT2D eigenvalue weighted by Crippen LogP contribution is 2.16. The van der Waals surface area contributed by atoms with Crippen LogP contribution in [-0.2, 0) is 11.3 Å². The molecule has 1 saturated heterocycles. The molecular weight excluding hydrogens is 240 g/mol. The van der Waals surface area contributed by atoms with Gasteiger partial charge in [-0.25, -0.2) is 4.79 Å². The van der Waals surface area contributed by atoms with Gasteiger partial charge in [-0.2, -0.15) is 0 Å². The fourth-order valence-electron chi connectivity index (χ4n) is 2.27. The Hall–Kier alpha value is -1.55. The summed E-state index contributed by atoms with van der Waals surface area (Å²) in [4.78, 5) is 13.8. The average Bonchev–Trinajstić information content (AvgIpc) is 2.60. The molecule has 4 nitrogen and oxygen atoms in total. The van der Waals surface area contributed by atoms with E-state index in [-0.39, 0.29) is 12.1 Å². The van der Waals surface area contributed by atoms with E-state index in [2.05, 4.69) is 6.92 Å². The summed E-state index contributed by atoms with van der Waals surface area (Å²) in [7, 11) is 0. The van der Waals surface area contributed by atoms with Gasteiger partial charge in [0.2, 0.25) is 0 Å². The van der Waals surface area contributed by atoms with Crippen LogP contribution in [0.4, 0.5) is 4.79 Å². The van der Waals surface area contributed by atoms with Crippen molar-refractivity contribution < 1.29 is 9.53 Å². The molecule has 2 N–H and O–H groups in total. The molecule has 0 aromatic heterocycles. The van der Waals surface area contributed by atoms with Crippen molar-refractivity contribution in [1.29, 1.82) is 0 Å². The second-order valence-electron chi connectivity index (χ2n) is 5.25. The molecule has 2 atom stereocenters. The fraction of sp³-hybridized carbons (Fsp3) is 0.533. The van der Waals surface area contributed by atoms with Crippen molar-refractivity contribution in [3.8, 4) is 0 Å². The van der Waals surface area contributed by atoms with Gasteiger partial charge in [0, 0.05) is 19.1 Å². The molecule has 1 heterocycles. The Balaban J connectivity index is 1.83. The molecule has 1 fully saturated rings. The zero-order valence-corrected chi connectivity index (χ0v) is 11.4. The lowest BCUT2D eigenvalue weighted by molar-refractivity contribution is 0.0971. The van der Waals surface area contributed by atoms with Crippen LogP contribution >= 0.6 is 0 Å². The summed E-state index contributed by atoms with van der Waals surface area (Å²) < 4.78 is 5.34. The van der Waals surface area contributed by atoms with Crippen molar-refractivity contribution in [3.05, 3.63) is 35.9 Å². The Kier molecular flexibility index (Phi) is 4.80. The van der Waals surface area contributed by atoms with E-state index in [1.165, 1.54) is 0 Å². The normalized spacial score (nSPS) is 23.8. The van der Waals surface area contributed by atoms with Crippen LogP contribution < -0.4 is 5.73 Å². The van der Waals surface area contributed by atoms with Crippen LogP contribution in [0.2, 0.25) is 0 Å². The number of ether oxygens (including phenoxy) is 1. The van der Waals surface area contributed by atoms with Crippen molar-refractivity contribution in [2.45, 2.75) is 32.4 Å². The topological polar surface area (TPSA) is 55.6 Å². The van der Waals surface area contributed by atoms with Crippen LogP contribution in [0.3, 0.4) is 0 Å². The maximum atomic E-state index is 12.0. The number of likely N-dealkylation sites (tertiary alicyclic amines) is 1. The first kappa shape index (κ1) is 13.9. The predicted molar refractivity (Wildman–Crippen MR) is 74.6 cm³/mol. The van der Waals surface area contributed by atoms with Gasteiger partial charge in [-0.05, 0) is 24.3 Å². The number of benzene rings is 1. The molecule has 0 radical (unpaired) electrons. The lowest BCUT2D eigenvalue weighted by atomic mass is 9.98. The molecule has 1 aromatic rings. The van der Waals surface area contributed by atoms with Crippen molar-refractivity contribution in [2.75, 3.05) is 13.1 Å². The van der Waals surface area contributed by atoms with Gasteiger partial charge in [-0.1, -0.05) is 37.3 Å². The quantitative estimate of drug-likeness (QED) is 0.890. The third-order valence-electron chi connectivity index (χ3n) is 3.78. The molecule has 2 unspecified atom stereocenters. The number of carbonyl (C=O) groups is 1. The van der Waals surface area contributed by atoms with Crippen LogP contribution in [-0.4, -0.2) is 30.1 Å². The van der Waals surface area contributed by atoms with Crippen LogP contribution in [0.25, 0.3) is 0 Å². The number of nitrogens with zero attached hydrogens (tertiary/aromatic N) is 1. The van der Waals surface area contributed by atoms with E-state index in [9.17, 15) is 4.79 Å². The van der Waals surface area contributed by atoms with Crippen molar-refractivity contribution in [3.63, 3.8) is 0 Å². The number of nitrogens with two attached hydrogens (primary N) is 1. The molecule has 2 rings (SSSR count). The van der Waals surface area contributed by atoms with Crippen LogP contribution in [0.5, 0.6) is 0 Å². The summed E-state index contributed by atoms with van der Waals surface area (Å²) in [6.45, 7) is 3.91. The smallest absolute Gasteiger partial charge is 0.410 e. The van der Waals surface area contributed by atoms with Gasteiger partial charge in [-0.15, -0.1) is 0 Å². The lowest BCUT2D eigenvalue weighted by Gasteiger charge is -2.19. The second kappa shape index (κ2) is 6.57. The van der Waals surface area contributed by atoms with Crippen molar-refractivity contribution >= 4 is 6.09 Å². The van der Waals surface area contributed by atoms with Gasteiger partial charge in [-0.3, -0.25) is 0 Å². The van der Waals surface area contributed by atoms with E-state index in [0.717, 1.165) is 24.9 Å². The SMILES string of the molecule is CC1CCN(C(=O)OCc2ccccc2)CCC1N. The monoisotopic (exact) mass is 262 g/mol. The van der Waals surface area contributed by atoms with Gasteiger partial charge >= 0.3 is 6.09 Å². The summed E-state index contributed by atoms with van der Waals surface area (Å²) in [5, 5.41) is 0. The van der Waals surface area contributed by atoms with Crippen LogP contribution in [0, 0.1) is 5.92 Å². The number of rotatable bonds is 2. The van der Waals surface area contributed by atoms with Crippen molar-refractivity contribution in [1.82, 2.24) is 4.90 Å². The summed E-state index contributed by atoms with van der Waals surface area (Å²) in [6, 6.07) is 9.92. The standard InChI is InChI=1S/C15H22N2O2/c1-12-7-9-17(10-8-14(12)16)15(18)19-11-13-5-3-2-4-6-13/h2-6,12,14H,7-11,16H2,1H3. The molecule has 0 bridgehead atoms. The first-order valence-corrected chi connectivity index (χ1v) is 6.88. The number of amides is 1. The number of carbonyl (C=O) groups excluding carboxylic acids is 1. The highest BCUT2D eigenvalue weighted by molar-refractivity contribution is 5.67. The molecule has 104 valence electrons. The van der Waals surface area contributed by atoms with Gasteiger partial charge < -0.3 is 15.4 Å². The maximum Gasteiger partial charge on any atom is 0.410 e. The molecule has 19 heavy (non-hydrogen) atoms. The third kappa shape index (κ3) is 3.96. The number of hydrogen-bond acceptors (Lipinski definition) is 3. The van der Waals surface area contributed by atoms with Gasteiger partial charge in [0.15, 0.2) is 0 Å². The Labute approximate surface area is 114 Å². The molecular formula is C15H22N2O2. The zero-order valence-electron chi connectivity index (χ0n) is 11.4. The molecule has 1 amide bonds. The van der Waals surface area contributed by atoms with E-state index in [4.69, 9.17) is 10.5 Å². The first-order chi connectivity index (χ1) is 9.16. The molecule has 0 spiro atoms. The minimum absolute atomic E-state index is 0.187. The van der Waals surface area contributed by atoms with E-state index < -0.39 is 0 Å². The summed E-state index contributed by atoms with van der Waals surface area (Å²) in [6.07, 6.45) is 1.56. The van der Waals surface area contributed by atoms with E-state index in [1.54, 1.807) is 4.90 Å². The summed E-state index contributed by atoms with van der Waals surface area (Å²) in [5.41, 5.74) is 7.04. The molecule has 0 saturated carbocycles. The van der Waals surface area contributed by atoms with Gasteiger partial charge in [0.25, 0.3) is 0 Å². The maximum absolute atomic E-state index is 12.0. The Morgan fingerprint density at radius 3 is 2.74 bits per heavy atom. The molecule has 1 aromatic carbocycles. The zero-order chi connectivity index (χ0) is 13.7. The molecule has 0 aliphatic carbocycles. The average molecular weight is 262 g/mol. The number of hydrogen-bond donors (Lipinski definition) is 1. The highest BCUT2D eigenvalue weighted by atomic mass is 16.6. The van der Waals surface area contributed by atoms with Crippen molar-refractivity contribution in [2.24, 2.45) is 11.7 Å². The molecule has 4 heteroatoms. The first-order valence-electron chi connectivity index (χ1n) is 6.88. The summed E-state index contributed by atoms with van der Waals surface area (Å²) >= 11 is 0. The Bertz CT molecular complexity index is 396. The largest absolute Gasteiger partial charge is 0.445 e.